The molecular formula is C14H19N3O2. The Morgan fingerprint density at radius 2 is 2.21 bits per heavy atom. The minimum atomic E-state index is -0.484. The molecule has 0 spiro atoms. The summed E-state index contributed by atoms with van der Waals surface area (Å²) in [5.74, 6) is 0. The van der Waals surface area contributed by atoms with Gasteiger partial charge in [-0.15, -0.1) is 0 Å². The van der Waals surface area contributed by atoms with Gasteiger partial charge in [-0.25, -0.2) is 9.78 Å². The molecule has 2 aromatic rings. The van der Waals surface area contributed by atoms with Crippen LogP contribution in [0.25, 0.3) is 11.0 Å². The van der Waals surface area contributed by atoms with Gasteiger partial charge in [0.05, 0.1) is 0 Å². The summed E-state index contributed by atoms with van der Waals surface area (Å²) in [6.45, 7) is 7.85. The Morgan fingerprint density at radius 3 is 2.89 bits per heavy atom. The highest BCUT2D eigenvalue weighted by Crippen LogP contribution is 2.15. The SMILES string of the molecule is Cc1nc2[nH]ccc2cc1CNC(=O)OC(C)(C)C. The quantitative estimate of drug-likeness (QED) is 0.873. The maximum absolute atomic E-state index is 11.6. The van der Waals surface area contributed by atoms with Crippen LogP contribution < -0.4 is 5.32 Å². The average molecular weight is 261 g/mol. The van der Waals surface area contributed by atoms with Crippen LogP contribution in [0.4, 0.5) is 4.79 Å². The largest absolute Gasteiger partial charge is 0.444 e. The maximum atomic E-state index is 11.6. The zero-order valence-electron chi connectivity index (χ0n) is 11.7. The molecule has 1 amide bonds. The number of carbonyl (C=O) groups excluding carboxylic acids is 1. The number of hydrogen-bond acceptors (Lipinski definition) is 3. The molecule has 0 aromatic carbocycles. The second-order valence-corrected chi connectivity index (χ2v) is 5.50. The van der Waals surface area contributed by atoms with Crippen LogP contribution in [0.5, 0.6) is 0 Å². The zero-order chi connectivity index (χ0) is 14.0. The Kier molecular flexibility index (Phi) is 3.46. The van der Waals surface area contributed by atoms with Gasteiger partial charge in [0.1, 0.15) is 11.2 Å². The molecule has 0 saturated heterocycles. The van der Waals surface area contributed by atoms with Crippen LogP contribution in [0.15, 0.2) is 18.3 Å². The molecule has 0 aliphatic heterocycles. The molecule has 0 aliphatic rings. The Morgan fingerprint density at radius 1 is 1.47 bits per heavy atom. The van der Waals surface area contributed by atoms with E-state index in [1.165, 1.54) is 0 Å². The highest BCUT2D eigenvalue weighted by molar-refractivity contribution is 5.76. The van der Waals surface area contributed by atoms with E-state index in [-0.39, 0.29) is 0 Å². The van der Waals surface area contributed by atoms with Crippen LogP contribution in [0.3, 0.4) is 0 Å². The molecule has 0 bridgehead atoms. The molecule has 2 heterocycles. The summed E-state index contributed by atoms with van der Waals surface area (Å²) < 4.78 is 5.20. The van der Waals surface area contributed by atoms with Crippen LogP contribution in [0.2, 0.25) is 0 Å². The van der Waals surface area contributed by atoms with E-state index in [4.69, 9.17) is 4.74 Å². The third-order valence-electron chi connectivity index (χ3n) is 2.65. The molecule has 2 N–H and O–H groups in total. The molecule has 2 rings (SSSR count). The number of H-pyrrole nitrogens is 1. The fraction of sp³-hybridized carbons (Fsp3) is 0.429. The van der Waals surface area contributed by atoms with E-state index in [1.54, 1.807) is 0 Å². The Balaban J connectivity index is 2.05. The van der Waals surface area contributed by atoms with Gasteiger partial charge in [-0.3, -0.25) is 0 Å². The second-order valence-electron chi connectivity index (χ2n) is 5.50. The molecule has 19 heavy (non-hydrogen) atoms. The number of nitrogens with zero attached hydrogens (tertiary/aromatic N) is 1. The Labute approximate surface area is 112 Å². The van der Waals surface area contributed by atoms with Gasteiger partial charge in [0.2, 0.25) is 0 Å². The first-order chi connectivity index (χ1) is 8.85. The summed E-state index contributed by atoms with van der Waals surface area (Å²) in [5.41, 5.74) is 2.25. The minimum Gasteiger partial charge on any atom is -0.444 e. The summed E-state index contributed by atoms with van der Waals surface area (Å²) in [5, 5.41) is 3.78. The van der Waals surface area contributed by atoms with Crippen LogP contribution in [0.1, 0.15) is 32.0 Å². The van der Waals surface area contributed by atoms with E-state index in [1.807, 2.05) is 46.0 Å². The number of pyridine rings is 1. The standard InChI is InChI=1S/C14H19N3O2/c1-9-11(7-10-5-6-15-12(10)17-9)8-16-13(18)19-14(2,3)4/h5-7H,8H2,1-4H3,(H,15,17)(H,16,18). The Hall–Kier alpha value is -2.04. The van der Waals surface area contributed by atoms with Gasteiger partial charge in [-0.1, -0.05) is 0 Å². The van der Waals surface area contributed by atoms with Crippen molar-refractivity contribution in [2.75, 3.05) is 0 Å². The third-order valence-corrected chi connectivity index (χ3v) is 2.65. The molecule has 0 fully saturated rings. The van der Waals surface area contributed by atoms with E-state index in [0.29, 0.717) is 6.54 Å². The number of aromatic amines is 1. The van der Waals surface area contributed by atoms with E-state index < -0.39 is 11.7 Å². The lowest BCUT2D eigenvalue weighted by Crippen LogP contribution is -2.32. The van der Waals surface area contributed by atoms with Crippen LogP contribution in [-0.4, -0.2) is 21.7 Å². The van der Waals surface area contributed by atoms with Crippen molar-refractivity contribution >= 4 is 17.1 Å². The van der Waals surface area contributed by atoms with Gasteiger partial charge < -0.3 is 15.0 Å². The van der Waals surface area contributed by atoms with Crippen molar-refractivity contribution in [3.05, 3.63) is 29.6 Å². The molecule has 0 atom stereocenters. The smallest absolute Gasteiger partial charge is 0.407 e. The summed E-state index contributed by atoms with van der Waals surface area (Å²) >= 11 is 0. The van der Waals surface area contributed by atoms with E-state index >= 15 is 0 Å². The highest BCUT2D eigenvalue weighted by atomic mass is 16.6. The first kappa shape index (κ1) is 13.4. The molecule has 5 heteroatoms. The van der Waals surface area contributed by atoms with Gasteiger partial charge in [0.15, 0.2) is 0 Å². The molecule has 102 valence electrons. The fourth-order valence-corrected chi connectivity index (χ4v) is 1.78. The van der Waals surface area contributed by atoms with Crippen molar-refractivity contribution in [1.82, 2.24) is 15.3 Å². The van der Waals surface area contributed by atoms with Crippen LogP contribution >= 0.6 is 0 Å². The topological polar surface area (TPSA) is 67.0 Å². The van der Waals surface area contributed by atoms with E-state index in [2.05, 4.69) is 15.3 Å². The lowest BCUT2D eigenvalue weighted by molar-refractivity contribution is 0.0523. The molecule has 0 saturated carbocycles. The molecule has 5 nitrogen and oxygen atoms in total. The number of hydrogen-bond donors (Lipinski definition) is 2. The number of ether oxygens (including phenoxy) is 1. The van der Waals surface area contributed by atoms with Crippen LogP contribution in [-0.2, 0) is 11.3 Å². The molecular weight excluding hydrogens is 242 g/mol. The normalized spacial score (nSPS) is 11.6. The molecule has 0 unspecified atom stereocenters. The first-order valence-electron chi connectivity index (χ1n) is 6.25. The molecule has 0 aliphatic carbocycles. The van der Waals surface area contributed by atoms with Crippen LogP contribution in [0, 0.1) is 6.92 Å². The summed E-state index contributed by atoms with van der Waals surface area (Å²) in [6, 6.07) is 3.98. The van der Waals surface area contributed by atoms with Gasteiger partial charge in [-0.2, -0.15) is 0 Å². The summed E-state index contributed by atoms with van der Waals surface area (Å²) in [6.07, 6.45) is 1.43. The number of carbonyl (C=O) groups is 1. The third kappa shape index (κ3) is 3.47. The van der Waals surface area contributed by atoms with Gasteiger partial charge in [0, 0.05) is 23.8 Å². The minimum absolute atomic E-state index is 0.412. The predicted octanol–water partition coefficient (Wildman–Crippen LogP) is 2.90. The number of rotatable bonds is 2. The lowest BCUT2D eigenvalue weighted by atomic mass is 10.1. The van der Waals surface area contributed by atoms with Gasteiger partial charge in [-0.05, 0) is 45.4 Å². The summed E-state index contributed by atoms with van der Waals surface area (Å²) in [4.78, 5) is 19.1. The number of aromatic nitrogens is 2. The van der Waals surface area contributed by atoms with Gasteiger partial charge in [0.25, 0.3) is 0 Å². The lowest BCUT2D eigenvalue weighted by Gasteiger charge is -2.19. The van der Waals surface area contributed by atoms with Crippen molar-refractivity contribution in [1.29, 1.82) is 0 Å². The maximum Gasteiger partial charge on any atom is 0.407 e. The number of nitrogens with one attached hydrogen (secondary N) is 2. The number of fused-ring (bicyclic) bond motifs is 1. The predicted molar refractivity (Wildman–Crippen MR) is 73.9 cm³/mol. The van der Waals surface area contributed by atoms with E-state index in [0.717, 1.165) is 22.3 Å². The van der Waals surface area contributed by atoms with Crippen molar-refractivity contribution in [2.45, 2.75) is 39.8 Å². The van der Waals surface area contributed by atoms with Crippen molar-refractivity contribution in [2.24, 2.45) is 0 Å². The number of amides is 1. The number of alkyl carbamates (subject to hydrolysis) is 1. The average Bonchev–Trinajstić information content (AvgIpc) is 2.70. The van der Waals surface area contributed by atoms with Crippen molar-refractivity contribution < 1.29 is 9.53 Å². The first-order valence-corrected chi connectivity index (χ1v) is 6.25. The summed E-state index contributed by atoms with van der Waals surface area (Å²) in [7, 11) is 0. The monoisotopic (exact) mass is 261 g/mol. The molecule has 0 radical (unpaired) electrons. The zero-order valence-corrected chi connectivity index (χ0v) is 11.7. The number of aryl methyl sites for hydroxylation is 1. The fourth-order valence-electron chi connectivity index (χ4n) is 1.78. The van der Waals surface area contributed by atoms with E-state index in [9.17, 15) is 4.79 Å². The van der Waals surface area contributed by atoms with Gasteiger partial charge >= 0.3 is 6.09 Å². The van der Waals surface area contributed by atoms with Crippen molar-refractivity contribution in [3.8, 4) is 0 Å². The molecule has 2 aromatic heterocycles. The van der Waals surface area contributed by atoms with Crippen molar-refractivity contribution in [3.63, 3.8) is 0 Å². The Bertz CT molecular complexity index is 596. The highest BCUT2D eigenvalue weighted by Gasteiger charge is 2.16. The second kappa shape index (κ2) is 4.91.